The Morgan fingerprint density at radius 2 is 2.11 bits per heavy atom. The molecule has 5 nitrogen and oxygen atoms in total. The van der Waals surface area contributed by atoms with Crippen LogP contribution in [0.5, 0.6) is 0 Å². The standard InChI is InChI=1S/C13H16N4OS/c18-12-10-4-3-5-14-11(10)15-13(19)17(12)9-8-16-6-1-2-7-16/h3-5,10H,1-2,6-9H2. The molecule has 1 saturated heterocycles. The maximum Gasteiger partial charge on any atom is 0.243 e. The molecular formula is C13H16N4OS. The summed E-state index contributed by atoms with van der Waals surface area (Å²) in [5.41, 5.74) is 0. The van der Waals surface area contributed by atoms with Crippen LogP contribution in [-0.2, 0) is 4.79 Å². The van der Waals surface area contributed by atoms with E-state index in [1.807, 2.05) is 6.08 Å². The van der Waals surface area contributed by atoms with Crippen LogP contribution in [0.3, 0.4) is 0 Å². The largest absolute Gasteiger partial charge is 0.302 e. The van der Waals surface area contributed by atoms with Crippen LogP contribution in [0, 0.1) is 5.92 Å². The maximum atomic E-state index is 12.4. The van der Waals surface area contributed by atoms with Crippen LogP contribution >= 0.6 is 12.2 Å². The summed E-state index contributed by atoms with van der Waals surface area (Å²) in [7, 11) is 0. The van der Waals surface area contributed by atoms with Gasteiger partial charge in [0.2, 0.25) is 11.0 Å². The Kier molecular flexibility index (Phi) is 3.52. The van der Waals surface area contributed by atoms with Gasteiger partial charge < -0.3 is 4.90 Å². The Balaban J connectivity index is 1.69. The van der Waals surface area contributed by atoms with Gasteiger partial charge in [0.25, 0.3) is 0 Å². The van der Waals surface area contributed by atoms with Gasteiger partial charge in [-0.15, -0.1) is 0 Å². The van der Waals surface area contributed by atoms with Gasteiger partial charge in [0.15, 0.2) is 0 Å². The number of dihydropyridines is 1. The monoisotopic (exact) mass is 276 g/mol. The van der Waals surface area contributed by atoms with E-state index in [2.05, 4.69) is 14.9 Å². The van der Waals surface area contributed by atoms with E-state index >= 15 is 0 Å². The summed E-state index contributed by atoms with van der Waals surface area (Å²) in [5.74, 6) is 0.174. The number of hydrogen-bond acceptors (Lipinski definition) is 4. The van der Waals surface area contributed by atoms with Crippen molar-refractivity contribution in [1.82, 2.24) is 9.80 Å². The minimum Gasteiger partial charge on any atom is -0.302 e. The SMILES string of the molecule is O=C1C2C=CC=NC2=NC(=S)N1CCN1CCCC1. The lowest BCUT2D eigenvalue weighted by Crippen LogP contribution is -2.48. The fraction of sp³-hybridized carbons (Fsp3) is 0.538. The second-order valence-corrected chi connectivity index (χ2v) is 5.30. The van der Waals surface area contributed by atoms with Crippen LogP contribution in [0.1, 0.15) is 12.8 Å². The summed E-state index contributed by atoms with van der Waals surface area (Å²) in [5, 5.41) is 0.350. The number of rotatable bonds is 3. The molecule has 3 heterocycles. The van der Waals surface area contributed by atoms with E-state index in [1.165, 1.54) is 12.8 Å². The topological polar surface area (TPSA) is 48.3 Å². The summed E-state index contributed by atoms with van der Waals surface area (Å²) in [6.45, 7) is 3.74. The number of allylic oxidation sites excluding steroid dienone is 1. The van der Waals surface area contributed by atoms with Crippen LogP contribution in [-0.4, -0.2) is 59.0 Å². The minimum absolute atomic E-state index is 0.00213. The van der Waals surface area contributed by atoms with E-state index in [4.69, 9.17) is 12.2 Å². The number of nitrogens with zero attached hydrogens (tertiary/aromatic N) is 4. The van der Waals surface area contributed by atoms with Gasteiger partial charge >= 0.3 is 0 Å². The Labute approximate surface area is 117 Å². The predicted octanol–water partition coefficient (Wildman–Crippen LogP) is 0.865. The molecule has 3 aliphatic heterocycles. The first-order valence-corrected chi connectivity index (χ1v) is 7.03. The van der Waals surface area contributed by atoms with E-state index in [0.29, 0.717) is 17.5 Å². The van der Waals surface area contributed by atoms with Crippen LogP contribution in [0.25, 0.3) is 0 Å². The van der Waals surface area contributed by atoms with Crippen molar-refractivity contribution in [1.29, 1.82) is 0 Å². The highest BCUT2D eigenvalue weighted by atomic mass is 32.1. The van der Waals surface area contributed by atoms with Gasteiger partial charge in [0.05, 0.1) is 0 Å². The molecule has 100 valence electrons. The molecule has 6 heteroatoms. The number of carbonyl (C=O) groups is 1. The number of likely N-dealkylation sites (tertiary alicyclic amines) is 1. The maximum absolute atomic E-state index is 12.4. The van der Waals surface area contributed by atoms with Crippen molar-refractivity contribution in [3.05, 3.63) is 12.2 Å². The third-order valence-corrected chi connectivity index (χ3v) is 4.00. The molecule has 0 radical (unpaired) electrons. The predicted molar refractivity (Wildman–Crippen MR) is 78.5 cm³/mol. The van der Waals surface area contributed by atoms with Crippen molar-refractivity contribution in [3.63, 3.8) is 0 Å². The lowest BCUT2D eigenvalue weighted by Gasteiger charge is -2.30. The highest BCUT2D eigenvalue weighted by molar-refractivity contribution is 7.80. The van der Waals surface area contributed by atoms with Gasteiger partial charge in [0.1, 0.15) is 11.8 Å². The van der Waals surface area contributed by atoms with Crippen molar-refractivity contribution in [2.75, 3.05) is 26.2 Å². The van der Waals surface area contributed by atoms with E-state index in [0.717, 1.165) is 19.6 Å². The lowest BCUT2D eigenvalue weighted by molar-refractivity contribution is -0.128. The Hall–Kier alpha value is -1.40. The molecule has 0 aromatic rings. The molecule has 0 saturated carbocycles. The Bertz CT molecular complexity index is 491. The normalized spacial score (nSPS) is 26.8. The molecule has 0 bridgehead atoms. The number of hydrogen-bond donors (Lipinski definition) is 0. The van der Waals surface area contributed by atoms with Crippen LogP contribution in [0.4, 0.5) is 0 Å². The van der Waals surface area contributed by atoms with E-state index in [-0.39, 0.29) is 11.8 Å². The van der Waals surface area contributed by atoms with Gasteiger partial charge in [-0.05, 0) is 44.2 Å². The molecule has 3 aliphatic rings. The summed E-state index contributed by atoms with van der Waals surface area (Å²) in [6.07, 6.45) is 7.76. The van der Waals surface area contributed by atoms with Gasteiger partial charge in [-0.1, -0.05) is 6.08 Å². The van der Waals surface area contributed by atoms with Crippen LogP contribution < -0.4 is 0 Å². The molecular weight excluding hydrogens is 260 g/mol. The molecule has 0 aliphatic carbocycles. The van der Waals surface area contributed by atoms with Crippen molar-refractivity contribution >= 4 is 35.3 Å². The van der Waals surface area contributed by atoms with Crippen molar-refractivity contribution < 1.29 is 4.79 Å². The first kappa shape index (κ1) is 12.6. The molecule has 1 atom stereocenters. The molecule has 0 aromatic carbocycles. The average Bonchev–Trinajstić information content (AvgIpc) is 2.92. The quantitative estimate of drug-likeness (QED) is 0.719. The molecule has 3 rings (SSSR count). The first-order chi connectivity index (χ1) is 9.25. The Morgan fingerprint density at radius 3 is 2.89 bits per heavy atom. The van der Waals surface area contributed by atoms with Gasteiger partial charge in [-0.2, -0.15) is 0 Å². The third-order valence-electron chi connectivity index (χ3n) is 3.69. The second kappa shape index (κ2) is 5.30. The highest BCUT2D eigenvalue weighted by Gasteiger charge is 2.34. The zero-order valence-electron chi connectivity index (χ0n) is 10.7. The number of aliphatic imine (C=N–C) groups is 2. The number of amidine groups is 1. The summed E-state index contributed by atoms with van der Waals surface area (Å²) in [4.78, 5) is 24.8. The minimum atomic E-state index is -0.352. The van der Waals surface area contributed by atoms with Gasteiger partial charge in [-0.25, -0.2) is 9.98 Å². The lowest BCUT2D eigenvalue weighted by atomic mass is 10.0. The molecule has 19 heavy (non-hydrogen) atoms. The molecule has 1 fully saturated rings. The fourth-order valence-electron chi connectivity index (χ4n) is 2.61. The molecule has 1 unspecified atom stereocenters. The summed E-state index contributed by atoms with van der Waals surface area (Å²) >= 11 is 5.21. The molecule has 0 aromatic heterocycles. The van der Waals surface area contributed by atoms with E-state index in [1.54, 1.807) is 17.2 Å². The molecule has 0 N–H and O–H groups in total. The van der Waals surface area contributed by atoms with E-state index in [9.17, 15) is 4.79 Å². The zero-order valence-corrected chi connectivity index (χ0v) is 11.5. The van der Waals surface area contributed by atoms with Crippen LogP contribution in [0.2, 0.25) is 0 Å². The first-order valence-electron chi connectivity index (χ1n) is 6.63. The Morgan fingerprint density at radius 1 is 1.32 bits per heavy atom. The van der Waals surface area contributed by atoms with Crippen LogP contribution in [0.15, 0.2) is 22.1 Å². The second-order valence-electron chi connectivity index (χ2n) is 4.93. The summed E-state index contributed by atoms with van der Waals surface area (Å²) < 4.78 is 0. The smallest absolute Gasteiger partial charge is 0.243 e. The fourth-order valence-corrected chi connectivity index (χ4v) is 2.89. The van der Waals surface area contributed by atoms with E-state index < -0.39 is 0 Å². The molecule has 1 amide bonds. The van der Waals surface area contributed by atoms with Gasteiger partial charge in [0, 0.05) is 19.3 Å². The van der Waals surface area contributed by atoms with Gasteiger partial charge in [-0.3, -0.25) is 9.69 Å². The van der Waals surface area contributed by atoms with Crippen molar-refractivity contribution in [3.8, 4) is 0 Å². The number of carbonyl (C=O) groups excluding carboxylic acids is 1. The van der Waals surface area contributed by atoms with Crippen molar-refractivity contribution in [2.24, 2.45) is 15.9 Å². The zero-order chi connectivity index (χ0) is 13.2. The number of amides is 1. The molecule has 0 spiro atoms. The average molecular weight is 276 g/mol. The number of fused-ring (bicyclic) bond motifs is 1. The summed E-state index contributed by atoms with van der Waals surface area (Å²) in [6, 6.07) is 0. The highest BCUT2D eigenvalue weighted by Crippen LogP contribution is 2.19. The van der Waals surface area contributed by atoms with Crippen molar-refractivity contribution in [2.45, 2.75) is 12.8 Å². The third kappa shape index (κ3) is 2.50. The number of thiocarbonyl (C=S) groups is 1.